The van der Waals surface area contributed by atoms with Gasteiger partial charge in [-0.15, -0.1) is 0 Å². The minimum absolute atomic E-state index is 0.0258. The molecule has 34 heavy (non-hydrogen) atoms. The van der Waals surface area contributed by atoms with Crippen LogP contribution in [0.25, 0.3) is 11.4 Å². The van der Waals surface area contributed by atoms with Gasteiger partial charge in [-0.2, -0.15) is 0 Å². The molecule has 1 aromatic heterocycles. The molecule has 2 unspecified atom stereocenters. The molecule has 6 nitrogen and oxygen atoms in total. The van der Waals surface area contributed by atoms with Crippen LogP contribution < -0.4 is 4.74 Å². The van der Waals surface area contributed by atoms with Gasteiger partial charge in [-0.1, -0.05) is 36.4 Å². The second-order valence-electron chi connectivity index (χ2n) is 10.9. The predicted octanol–water partition coefficient (Wildman–Crippen LogP) is 3.55. The fourth-order valence-corrected chi connectivity index (χ4v) is 7.45. The lowest BCUT2D eigenvalue weighted by molar-refractivity contribution is -0.173. The number of likely N-dealkylation sites (tertiary alicyclic amines) is 1. The molecule has 1 spiro atoms. The van der Waals surface area contributed by atoms with Crippen molar-refractivity contribution in [2.45, 2.75) is 55.3 Å². The molecule has 2 N–H and O–H groups in total. The topological polar surface area (TPSA) is 78.7 Å². The Kier molecular flexibility index (Phi) is 3.63. The lowest BCUT2D eigenvalue weighted by atomic mass is 9.49. The smallest absolute Gasteiger partial charge is 0.166 e. The molecule has 8 rings (SSSR count). The van der Waals surface area contributed by atoms with Gasteiger partial charge in [-0.3, -0.25) is 4.90 Å². The van der Waals surface area contributed by atoms with E-state index < -0.39 is 17.1 Å². The van der Waals surface area contributed by atoms with Crippen molar-refractivity contribution in [1.29, 1.82) is 0 Å². The molecule has 3 aromatic rings. The van der Waals surface area contributed by atoms with E-state index in [0.29, 0.717) is 18.0 Å². The van der Waals surface area contributed by atoms with Gasteiger partial charge >= 0.3 is 0 Å². The molecular formula is C28H27N3O3. The summed E-state index contributed by atoms with van der Waals surface area (Å²) in [6, 6.07) is 13.8. The van der Waals surface area contributed by atoms with Gasteiger partial charge < -0.3 is 14.9 Å². The molecule has 3 aliphatic carbocycles. The minimum Gasteiger partial charge on any atom is -0.504 e. The fourth-order valence-electron chi connectivity index (χ4n) is 7.45. The molecule has 6 heteroatoms. The fraction of sp³-hybridized carbons (Fsp3) is 0.429. The number of rotatable bonds is 3. The molecule has 0 radical (unpaired) electrons. The molecule has 172 valence electrons. The highest BCUT2D eigenvalue weighted by Crippen LogP contribution is 2.68. The maximum atomic E-state index is 12.7. The van der Waals surface area contributed by atoms with E-state index >= 15 is 0 Å². The van der Waals surface area contributed by atoms with Crippen LogP contribution in [0.2, 0.25) is 0 Å². The quantitative estimate of drug-likeness (QED) is 0.632. The summed E-state index contributed by atoms with van der Waals surface area (Å²) in [6.07, 6.45) is 6.14. The zero-order valence-corrected chi connectivity index (χ0v) is 18.9. The third kappa shape index (κ3) is 2.28. The maximum Gasteiger partial charge on any atom is 0.166 e. The Bertz CT molecular complexity index is 1340. The number of piperidine rings is 1. The van der Waals surface area contributed by atoms with Gasteiger partial charge in [0.1, 0.15) is 0 Å². The van der Waals surface area contributed by atoms with Crippen molar-refractivity contribution in [3.8, 4) is 22.9 Å². The van der Waals surface area contributed by atoms with E-state index in [1.54, 1.807) is 6.07 Å². The van der Waals surface area contributed by atoms with Gasteiger partial charge in [0.2, 0.25) is 0 Å². The molecular weight excluding hydrogens is 426 g/mol. The number of nitrogens with zero attached hydrogens (tertiary/aromatic N) is 3. The number of hydrogen-bond acceptors (Lipinski definition) is 6. The second-order valence-corrected chi connectivity index (χ2v) is 10.9. The van der Waals surface area contributed by atoms with Crippen molar-refractivity contribution in [3.05, 3.63) is 71.0 Å². The minimum atomic E-state index is -0.985. The van der Waals surface area contributed by atoms with Crippen LogP contribution in [-0.2, 0) is 18.3 Å². The van der Waals surface area contributed by atoms with E-state index in [9.17, 15) is 10.2 Å². The first-order valence-electron chi connectivity index (χ1n) is 12.5. The highest BCUT2D eigenvalue weighted by atomic mass is 16.5. The van der Waals surface area contributed by atoms with Crippen LogP contribution in [-0.4, -0.2) is 49.8 Å². The van der Waals surface area contributed by atoms with Crippen LogP contribution >= 0.6 is 0 Å². The first kappa shape index (κ1) is 19.4. The average molecular weight is 454 g/mol. The maximum absolute atomic E-state index is 12.7. The first-order chi connectivity index (χ1) is 16.6. The van der Waals surface area contributed by atoms with Gasteiger partial charge in [0.05, 0.1) is 16.7 Å². The normalized spacial score (nSPS) is 32.6. The van der Waals surface area contributed by atoms with E-state index in [-0.39, 0.29) is 11.8 Å². The van der Waals surface area contributed by atoms with Gasteiger partial charge in [-0.05, 0) is 55.3 Å². The average Bonchev–Trinajstić information content (AvgIpc) is 3.59. The Hall–Kier alpha value is -2.96. The standard InChI is InChI=1S/C28H27N3O3/c32-20-9-8-18-12-21-28(33)13-19-14-29-26(17-4-2-1-3-5-17)30-23(19)25-27(28,22(18)24(20)34-25)10-11-31(21)15-16-6-7-16/h1-5,8-9,14,16,21,25,32-33H,6-7,10-13,15H2/t21?,25-,27?,28+/m0/s1. The van der Waals surface area contributed by atoms with Crippen molar-refractivity contribution in [2.24, 2.45) is 5.92 Å². The molecule has 1 saturated carbocycles. The van der Waals surface area contributed by atoms with Crippen molar-refractivity contribution < 1.29 is 14.9 Å². The highest BCUT2D eigenvalue weighted by molar-refractivity contribution is 5.65. The zero-order valence-electron chi connectivity index (χ0n) is 18.9. The van der Waals surface area contributed by atoms with Crippen LogP contribution in [0.3, 0.4) is 0 Å². The van der Waals surface area contributed by atoms with Crippen molar-refractivity contribution in [2.75, 3.05) is 13.1 Å². The summed E-state index contributed by atoms with van der Waals surface area (Å²) in [7, 11) is 0. The highest BCUT2D eigenvalue weighted by Gasteiger charge is 2.72. The van der Waals surface area contributed by atoms with Crippen molar-refractivity contribution in [3.63, 3.8) is 0 Å². The summed E-state index contributed by atoms with van der Waals surface area (Å²) in [4.78, 5) is 12.3. The van der Waals surface area contributed by atoms with Gasteiger partial charge in [0.15, 0.2) is 23.4 Å². The molecule has 4 atom stereocenters. The summed E-state index contributed by atoms with van der Waals surface area (Å²) in [6.45, 7) is 2.00. The number of hydrogen-bond donors (Lipinski definition) is 2. The van der Waals surface area contributed by atoms with Crippen LogP contribution in [0.5, 0.6) is 11.5 Å². The monoisotopic (exact) mass is 453 g/mol. The summed E-state index contributed by atoms with van der Waals surface area (Å²) in [5, 5.41) is 23.5. The number of phenolic OH excluding ortho intramolecular Hbond substituents is 1. The van der Waals surface area contributed by atoms with Crippen molar-refractivity contribution in [1.82, 2.24) is 14.9 Å². The summed E-state index contributed by atoms with van der Waals surface area (Å²) >= 11 is 0. The predicted molar refractivity (Wildman–Crippen MR) is 126 cm³/mol. The molecule has 2 bridgehead atoms. The Labute approximate surface area is 198 Å². The van der Waals surface area contributed by atoms with Crippen LogP contribution in [0, 0.1) is 5.92 Å². The first-order valence-corrected chi connectivity index (χ1v) is 12.5. The third-order valence-corrected chi connectivity index (χ3v) is 9.15. The summed E-state index contributed by atoms with van der Waals surface area (Å²) < 4.78 is 6.60. The van der Waals surface area contributed by atoms with Crippen LogP contribution in [0.4, 0.5) is 0 Å². The Morgan fingerprint density at radius 3 is 2.76 bits per heavy atom. The van der Waals surface area contributed by atoms with E-state index in [0.717, 1.165) is 54.2 Å². The van der Waals surface area contributed by atoms with Gasteiger partial charge in [0, 0.05) is 36.3 Å². The van der Waals surface area contributed by atoms with E-state index in [1.807, 2.05) is 42.6 Å². The number of aromatic hydroxyl groups is 1. The summed E-state index contributed by atoms with van der Waals surface area (Å²) in [5.41, 5.74) is 3.41. The lowest BCUT2D eigenvalue weighted by Gasteiger charge is -2.62. The molecule has 1 saturated heterocycles. The van der Waals surface area contributed by atoms with E-state index in [4.69, 9.17) is 9.72 Å². The number of aliphatic hydroxyl groups is 1. The Morgan fingerprint density at radius 1 is 1.09 bits per heavy atom. The SMILES string of the molecule is Oc1ccc2c3c1O[C@H]1c4nc(-c5ccccc5)ncc4C[C@@]4(O)C(C2)N(CC2CC2)CCC314. The van der Waals surface area contributed by atoms with Crippen LogP contribution in [0.1, 0.15) is 47.8 Å². The molecule has 2 fully saturated rings. The Balaban J connectivity index is 1.35. The van der Waals surface area contributed by atoms with Gasteiger partial charge in [-0.25, -0.2) is 9.97 Å². The molecule has 0 amide bonds. The number of ether oxygens (including phenoxy) is 1. The largest absolute Gasteiger partial charge is 0.504 e. The number of aromatic nitrogens is 2. The molecule has 5 aliphatic rings. The molecule has 2 aromatic carbocycles. The van der Waals surface area contributed by atoms with E-state index in [2.05, 4.69) is 9.88 Å². The number of benzene rings is 2. The molecule has 3 heterocycles. The van der Waals surface area contributed by atoms with Crippen LogP contribution in [0.15, 0.2) is 48.7 Å². The lowest BCUT2D eigenvalue weighted by Crippen LogP contribution is -2.74. The number of phenols is 1. The van der Waals surface area contributed by atoms with Gasteiger partial charge in [0.25, 0.3) is 0 Å². The number of fused-ring (bicyclic) bond motifs is 2. The molecule has 2 aliphatic heterocycles. The summed E-state index contributed by atoms with van der Waals surface area (Å²) in [5.74, 6) is 2.13. The third-order valence-electron chi connectivity index (χ3n) is 9.15. The Morgan fingerprint density at radius 2 is 1.94 bits per heavy atom. The van der Waals surface area contributed by atoms with Crippen molar-refractivity contribution >= 4 is 0 Å². The zero-order chi connectivity index (χ0) is 22.7. The second kappa shape index (κ2) is 6.37. The van der Waals surface area contributed by atoms with E-state index in [1.165, 1.54) is 18.4 Å².